The molecule has 1 aromatic carbocycles. The van der Waals surface area contributed by atoms with E-state index in [-0.39, 0.29) is 17.1 Å². The summed E-state index contributed by atoms with van der Waals surface area (Å²) < 4.78 is 8.63. The molecule has 0 bridgehead atoms. The van der Waals surface area contributed by atoms with Gasteiger partial charge in [-0.05, 0) is 22.6 Å². The number of nitrogens with zero attached hydrogens (tertiary/aromatic N) is 6. The van der Waals surface area contributed by atoms with E-state index in [1.807, 2.05) is 0 Å². The summed E-state index contributed by atoms with van der Waals surface area (Å²) >= 11 is 1.03. The molecule has 2 aromatic heterocycles. The molecule has 0 radical (unpaired) electrons. The number of carbonyl (C=O) groups excluding carboxylic acids is 1. The van der Waals surface area contributed by atoms with Gasteiger partial charge in [0.05, 0.1) is 12.9 Å². The van der Waals surface area contributed by atoms with Crippen LogP contribution in [0.3, 0.4) is 0 Å². The fraction of sp³-hybridized carbons (Fsp3) is 0.250. The zero-order valence-electron chi connectivity index (χ0n) is 15.3. The van der Waals surface area contributed by atoms with Crippen LogP contribution in [-0.4, -0.2) is 48.0 Å². The molecule has 28 heavy (non-hydrogen) atoms. The molecule has 2 heterocycles. The number of methoxy groups -OCH3 is 1. The molecule has 0 spiro atoms. The van der Waals surface area contributed by atoms with Gasteiger partial charge in [-0.3, -0.25) is 18.7 Å². The molecule has 0 saturated carbocycles. The van der Waals surface area contributed by atoms with Crippen LogP contribution in [0.25, 0.3) is 5.69 Å². The number of Topliss-reactive ketones (excluding diaryl/α,β-unsaturated/α-hetero) is 1. The lowest BCUT2D eigenvalue weighted by atomic mass is 10.2. The second-order valence-corrected chi connectivity index (χ2v) is 6.67. The fourth-order valence-corrected chi connectivity index (χ4v) is 3.31. The lowest BCUT2D eigenvalue weighted by molar-refractivity contribution is 0.102. The number of benzene rings is 1. The van der Waals surface area contributed by atoms with Crippen molar-refractivity contribution >= 4 is 23.4 Å². The summed E-state index contributed by atoms with van der Waals surface area (Å²) in [6, 6.07) is 7.13. The number of anilines is 1. The van der Waals surface area contributed by atoms with Crippen LogP contribution in [0.15, 0.2) is 39.0 Å². The van der Waals surface area contributed by atoms with Crippen LogP contribution in [-0.2, 0) is 14.1 Å². The number of rotatable bonds is 6. The molecular formula is C16H17N7O4S. The number of nitrogen functional groups attached to an aromatic ring is 1. The van der Waals surface area contributed by atoms with Crippen LogP contribution in [0.2, 0.25) is 0 Å². The number of nitrogens with two attached hydrogens (primary N) is 1. The number of ether oxygens (including phenoxy) is 1. The molecule has 3 aromatic rings. The molecular weight excluding hydrogens is 386 g/mol. The molecule has 2 N–H and O–H groups in total. The summed E-state index contributed by atoms with van der Waals surface area (Å²) in [5.41, 5.74) is 4.83. The molecule has 11 nitrogen and oxygen atoms in total. The molecule has 146 valence electrons. The van der Waals surface area contributed by atoms with Crippen molar-refractivity contribution in [3.63, 3.8) is 0 Å². The van der Waals surface area contributed by atoms with Crippen LogP contribution >= 0.6 is 11.8 Å². The summed E-state index contributed by atoms with van der Waals surface area (Å²) in [5, 5.41) is 11.8. The largest absolute Gasteiger partial charge is 0.494 e. The summed E-state index contributed by atoms with van der Waals surface area (Å²) in [6.45, 7) is 0. The van der Waals surface area contributed by atoms with Crippen LogP contribution in [0.4, 0.5) is 5.82 Å². The highest BCUT2D eigenvalue weighted by Gasteiger charge is 2.22. The maximum absolute atomic E-state index is 12.6. The van der Waals surface area contributed by atoms with Gasteiger partial charge in [-0.1, -0.05) is 23.9 Å². The smallest absolute Gasteiger partial charge is 0.332 e. The van der Waals surface area contributed by atoms with Crippen molar-refractivity contribution < 1.29 is 9.53 Å². The van der Waals surface area contributed by atoms with Gasteiger partial charge < -0.3 is 10.5 Å². The topological polar surface area (TPSA) is 140 Å². The molecule has 0 aliphatic carbocycles. The van der Waals surface area contributed by atoms with Gasteiger partial charge in [0.1, 0.15) is 22.8 Å². The van der Waals surface area contributed by atoms with Crippen molar-refractivity contribution in [1.29, 1.82) is 0 Å². The van der Waals surface area contributed by atoms with Gasteiger partial charge in [0.25, 0.3) is 5.56 Å². The minimum Gasteiger partial charge on any atom is -0.494 e. The quantitative estimate of drug-likeness (QED) is 0.431. The zero-order valence-corrected chi connectivity index (χ0v) is 16.1. The maximum atomic E-state index is 12.6. The Labute approximate surface area is 162 Å². The van der Waals surface area contributed by atoms with E-state index in [0.717, 1.165) is 20.9 Å². The molecule has 0 unspecified atom stereocenters. The highest BCUT2D eigenvalue weighted by atomic mass is 32.2. The second-order valence-electron chi connectivity index (χ2n) is 5.72. The molecule has 0 aliphatic heterocycles. The van der Waals surface area contributed by atoms with E-state index in [2.05, 4.69) is 15.5 Å². The minimum absolute atomic E-state index is 0.146. The van der Waals surface area contributed by atoms with Crippen LogP contribution in [0.5, 0.6) is 5.75 Å². The van der Waals surface area contributed by atoms with Gasteiger partial charge in [-0.25, -0.2) is 4.79 Å². The summed E-state index contributed by atoms with van der Waals surface area (Å²) in [4.78, 5) is 36.8. The molecule has 3 rings (SSSR count). The van der Waals surface area contributed by atoms with E-state index in [4.69, 9.17) is 10.5 Å². The Morgan fingerprint density at radius 1 is 1.21 bits per heavy atom. The van der Waals surface area contributed by atoms with E-state index in [1.165, 1.54) is 25.9 Å². The van der Waals surface area contributed by atoms with Crippen LogP contribution < -0.4 is 21.7 Å². The number of tetrazole rings is 1. The molecule has 0 aliphatic rings. The van der Waals surface area contributed by atoms with Gasteiger partial charge in [0.15, 0.2) is 5.78 Å². The lowest BCUT2D eigenvalue weighted by Crippen LogP contribution is -2.41. The zero-order chi connectivity index (χ0) is 20.4. The van der Waals surface area contributed by atoms with Crippen LogP contribution in [0.1, 0.15) is 10.4 Å². The van der Waals surface area contributed by atoms with E-state index in [9.17, 15) is 14.4 Å². The van der Waals surface area contributed by atoms with Crippen LogP contribution in [0, 0.1) is 0 Å². The number of hydrogen-bond acceptors (Lipinski definition) is 9. The first-order valence-electron chi connectivity index (χ1n) is 8.00. The number of aromatic nitrogens is 6. The highest BCUT2D eigenvalue weighted by molar-refractivity contribution is 7.99. The van der Waals surface area contributed by atoms with E-state index in [1.54, 1.807) is 24.3 Å². The second kappa shape index (κ2) is 7.68. The van der Waals surface area contributed by atoms with Crippen molar-refractivity contribution in [2.75, 3.05) is 18.6 Å². The molecule has 0 amide bonds. The van der Waals surface area contributed by atoms with Crippen molar-refractivity contribution in [2.24, 2.45) is 14.1 Å². The normalized spacial score (nSPS) is 10.8. The first-order chi connectivity index (χ1) is 13.4. The number of thioether (sulfide) groups is 1. The van der Waals surface area contributed by atoms with Gasteiger partial charge in [-0.15, -0.1) is 5.10 Å². The monoisotopic (exact) mass is 403 g/mol. The average Bonchev–Trinajstić information content (AvgIpc) is 3.17. The molecule has 12 heteroatoms. The highest BCUT2D eigenvalue weighted by Crippen LogP contribution is 2.25. The van der Waals surface area contributed by atoms with Gasteiger partial charge in [-0.2, -0.15) is 4.68 Å². The Bertz CT molecular complexity index is 1160. The SMILES string of the molecule is COc1ccccc1-n1nnnc1SCC(=O)c1c(N)n(C)c(=O)n(C)c1=O. The van der Waals surface area contributed by atoms with E-state index < -0.39 is 17.0 Å². The van der Waals surface area contributed by atoms with Crippen molar-refractivity contribution in [2.45, 2.75) is 5.16 Å². The summed E-state index contributed by atoms with van der Waals surface area (Å²) in [5.74, 6) is -0.303. The predicted octanol–water partition coefficient (Wildman–Crippen LogP) is -0.374. The number of para-hydroxylation sites is 2. The number of ketones is 1. The Morgan fingerprint density at radius 3 is 2.64 bits per heavy atom. The third-order valence-corrected chi connectivity index (χ3v) is 4.99. The van der Waals surface area contributed by atoms with Crippen molar-refractivity contribution in [3.05, 3.63) is 50.7 Å². The number of carbonyl (C=O) groups is 1. The first-order valence-corrected chi connectivity index (χ1v) is 8.98. The molecule has 0 fully saturated rings. The standard InChI is InChI=1S/C16H17N7O4S/c1-21-13(17)12(14(25)22(2)16(21)26)10(24)8-28-15-18-19-20-23(15)9-6-4-5-7-11(9)27-3/h4-7H,8,17H2,1-3H3. The molecule has 0 saturated heterocycles. The third-order valence-electron chi connectivity index (χ3n) is 4.08. The Balaban J connectivity index is 1.90. The van der Waals surface area contributed by atoms with Gasteiger partial charge >= 0.3 is 5.69 Å². The summed E-state index contributed by atoms with van der Waals surface area (Å²) in [7, 11) is 4.21. The Kier molecular flexibility index (Phi) is 5.31. The average molecular weight is 403 g/mol. The van der Waals surface area contributed by atoms with Crippen molar-refractivity contribution in [1.82, 2.24) is 29.3 Å². The summed E-state index contributed by atoms with van der Waals surface area (Å²) in [6.07, 6.45) is 0. The van der Waals surface area contributed by atoms with Gasteiger partial charge in [0, 0.05) is 14.1 Å². The van der Waals surface area contributed by atoms with Crippen molar-refractivity contribution in [3.8, 4) is 11.4 Å². The minimum atomic E-state index is -0.740. The van der Waals surface area contributed by atoms with Gasteiger partial charge in [0.2, 0.25) is 5.16 Å². The lowest BCUT2D eigenvalue weighted by Gasteiger charge is -2.11. The Morgan fingerprint density at radius 2 is 1.93 bits per heavy atom. The Hall–Kier alpha value is -3.41. The first kappa shape index (κ1) is 19.4. The fourth-order valence-electron chi connectivity index (χ4n) is 2.55. The van der Waals surface area contributed by atoms with E-state index >= 15 is 0 Å². The predicted molar refractivity (Wildman–Crippen MR) is 102 cm³/mol. The maximum Gasteiger partial charge on any atom is 0.332 e. The third kappa shape index (κ3) is 3.29. The molecule has 0 atom stereocenters. The number of hydrogen-bond donors (Lipinski definition) is 1. The van der Waals surface area contributed by atoms with E-state index in [0.29, 0.717) is 16.6 Å².